The van der Waals surface area contributed by atoms with Crippen LogP contribution in [0.15, 0.2) is 0 Å². The average Bonchev–Trinajstić information content (AvgIpc) is 2.77. The Morgan fingerprint density at radius 2 is 2.25 bits per heavy atom. The Labute approximate surface area is 71.1 Å². The maximum atomic E-state index is 11.2. The van der Waals surface area contributed by atoms with Gasteiger partial charge in [0.2, 0.25) is 0 Å². The molecule has 0 aromatic rings. The quantitative estimate of drug-likeness (QED) is 0.652. The third-order valence-electron chi connectivity index (χ3n) is 2.58. The van der Waals surface area contributed by atoms with Gasteiger partial charge in [0.25, 0.3) is 0 Å². The molecule has 1 amide bonds. The molecular weight excluding hydrogens is 158 g/mol. The predicted molar refractivity (Wildman–Crippen MR) is 41.7 cm³/mol. The van der Waals surface area contributed by atoms with E-state index < -0.39 is 0 Å². The molecule has 2 fully saturated rings. The molecule has 1 N–H and O–H groups in total. The molecule has 12 heavy (non-hydrogen) atoms. The summed E-state index contributed by atoms with van der Waals surface area (Å²) in [6.45, 7) is 1.15. The molecule has 1 aliphatic heterocycles. The summed E-state index contributed by atoms with van der Waals surface area (Å²) in [5.41, 5.74) is -0.0942. The minimum Gasteiger partial charge on any atom is -0.443 e. The Hall–Kier alpha value is -0.770. The van der Waals surface area contributed by atoms with Crippen LogP contribution in [0.25, 0.3) is 0 Å². The highest BCUT2D eigenvalue weighted by atomic mass is 16.6. The first-order chi connectivity index (χ1) is 5.76. The van der Waals surface area contributed by atoms with Crippen LogP contribution in [0.1, 0.15) is 19.3 Å². The van der Waals surface area contributed by atoms with E-state index in [1.807, 2.05) is 0 Å². The number of aliphatic hydroxyl groups excluding tert-OH is 1. The first-order valence-corrected chi connectivity index (χ1v) is 4.35. The summed E-state index contributed by atoms with van der Waals surface area (Å²) < 4.78 is 5.23. The lowest BCUT2D eigenvalue weighted by Crippen LogP contribution is -2.44. The van der Waals surface area contributed by atoms with Gasteiger partial charge in [-0.2, -0.15) is 0 Å². The van der Waals surface area contributed by atoms with Gasteiger partial charge in [0, 0.05) is 19.5 Å². The molecule has 1 saturated heterocycles. The minimum absolute atomic E-state index is 0.0160. The van der Waals surface area contributed by atoms with Crippen LogP contribution in [0.3, 0.4) is 0 Å². The van der Waals surface area contributed by atoms with Crippen LogP contribution in [0.2, 0.25) is 0 Å². The van der Waals surface area contributed by atoms with Crippen LogP contribution in [0.4, 0.5) is 4.79 Å². The number of carbonyl (C=O) groups is 1. The van der Waals surface area contributed by atoms with Gasteiger partial charge in [-0.25, -0.2) is 4.79 Å². The maximum absolute atomic E-state index is 11.2. The molecule has 4 nitrogen and oxygen atoms in total. The number of ether oxygens (including phenoxy) is 1. The standard InChI is InChI=1S/C8H13NO3/c10-6-5-9-4-3-8(1-2-8)12-7(9)11/h10H,1-6H2. The van der Waals surface area contributed by atoms with Crippen molar-refractivity contribution in [3.63, 3.8) is 0 Å². The monoisotopic (exact) mass is 171 g/mol. The van der Waals surface area contributed by atoms with Crippen LogP contribution >= 0.6 is 0 Å². The van der Waals surface area contributed by atoms with E-state index in [2.05, 4.69) is 0 Å². The van der Waals surface area contributed by atoms with E-state index in [1.165, 1.54) is 0 Å². The second-order valence-corrected chi connectivity index (χ2v) is 3.51. The molecule has 0 atom stereocenters. The highest BCUT2D eigenvalue weighted by Gasteiger charge is 2.50. The Kier molecular flexibility index (Phi) is 1.72. The van der Waals surface area contributed by atoms with E-state index in [0.29, 0.717) is 6.54 Å². The second-order valence-electron chi connectivity index (χ2n) is 3.51. The van der Waals surface area contributed by atoms with Crippen LogP contribution in [-0.4, -0.2) is 41.4 Å². The first kappa shape index (κ1) is 7.86. The van der Waals surface area contributed by atoms with Gasteiger partial charge in [0.15, 0.2) is 0 Å². The zero-order chi connectivity index (χ0) is 8.60. The zero-order valence-electron chi connectivity index (χ0n) is 6.95. The van der Waals surface area contributed by atoms with Gasteiger partial charge in [-0.3, -0.25) is 0 Å². The maximum Gasteiger partial charge on any atom is 0.410 e. The molecule has 0 radical (unpaired) electrons. The summed E-state index contributed by atoms with van der Waals surface area (Å²) >= 11 is 0. The normalized spacial score (nSPS) is 25.8. The van der Waals surface area contributed by atoms with E-state index in [1.54, 1.807) is 4.90 Å². The van der Waals surface area contributed by atoms with Crippen molar-refractivity contribution in [1.82, 2.24) is 4.90 Å². The van der Waals surface area contributed by atoms with Gasteiger partial charge in [-0.1, -0.05) is 0 Å². The molecule has 1 heterocycles. The fraction of sp³-hybridized carbons (Fsp3) is 0.875. The van der Waals surface area contributed by atoms with Gasteiger partial charge >= 0.3 is 6.09 Å². The van der Waals surface area contributed by atoms with E-state index in [9.17, 15) is 4.79 Å². The Balaban J connectivity index is 1.91. The van der Waals surface area contributed by atoms with Gasteiger partial charge < -0.3 is 14.7 Å². The molecule has 0 bridgehead atoms. The van der Waals surface area contributed by atoms with Crippen LogP contribution in [0.5, 0.6) is 0 Å². The largest absolute Gasteiger partial charge is 0.443 e. The molecule has 1 saturated carbocycles. The average molecular weight is 171 g/mol. The van der Waals surface area contributed by atoms with Crippen molar-refractivity contribution in [2.45, 2.75) is 24.9 Å². The summed E-state index contributed by atoms with van der Waals surface area (Å²) in [6.07, 6.45) is 2.71. The number of rotatable bonds is 2. The topological polar surface area (TPSA) is 49.8 Å². The first-order valence-electron chi connectivity index (χ1n) is 4.35. The van der Waals surface area contributed by atoms with Crippen LogP contribution in [-0.2, 0) is 4.74 Å². The molecule has 0 aromatic carbocycles. The van der Waals surface area contributed by atoms with E-state index >= 15 is 0 Å². The molecule has 0 aromatic heterocycles. The fourth-order valence-corrected chi connectivity index (χ4v) is 1.55. The number of aliphatic hydroxyl groups is 1. The lowest BCUT2D eigenvalue weighted by molar-refractivity contribution is 0.00700. The minimum atomic E-state index is -0.257. The van der Waals surface area contributed by atoms with E-state index in [4.69, 9.17) is 9.84 Å². The molecule has 1 spiro atoms. The summed E-state index contributed by atoms with van der Waals surface area (Å²) in [4.78, 5) is 12.8. The third kappa shape index (κ3) is 1.27. The number of hydrogen-bond acceptors (Lipinski definition) is 3. The Bertz CT molecular complexity index is 200. The third-order valence-corrected chi connectivity index (χ3v) is 2.58. The molecule has 68 valence electrons. The van der Waals surface area contributed by atoms with E-state index in [0.717, 1.165) is 25.8 Å². The highest BCUT2D eigenvalue weighted by molar-refractivity contribution is 5.69. The van der Waals surface area contributed by atoms with Crippen molar-refractivity contribution in [3.8, 4) is 0 Å². The Morgan fingerprint density at radius 3 is 2.75 bits per heavy atom. The summed E-state index contributed by atoms with van der Waals surface area (Å²) in [7, 11) is 0. The second kappa shape index (κ2) is 2.62. The lowest BCUT2D eigenvalue weighted by Gasteiger charge is -2.31. The zero-order valence-corrected chi connectivity index (χ0v) is 6.95. The molecule has 1 aliphatic carbocycles. The molecule has 2 aliphatic rings. The summed E-state index contributed by atoms with van der Waals surface area (Å²) in [5, 5.41) is 8.63. The fourth-order valence-electron chi connectivity index (χ4n) is 1.55. The van der Waals surface area contributed by atoms with Crippen molar-refractivity contribution in [1.29, 1.82) is 0 Å². The number of nitrogens with zero attached hydrogens (tertiary/aromatic N) is 1. The number of amides is 1. The smallest absolute Gasteiger partial charge is 0.410 e. The molecule has 0 unspecified atom stereocenters. The van der Waals surface area contributed by atoms with Gasteiger partial charge in [0.1, 0.15) is 5.60 Å². The number of hydrogen-bond donors (Lipinski definition) is 1. The summed E-state index contributed by atoms with van der Waals surface area (Å²) in [6, 6.07) is 0. The predicted octanol–water partition coefficient (Wildman–Crippen LogP) is 0.354. The molecule has 2 rings (SSSR count). The van der Waals surface area contributed by atoms with Crippen molar-refractivity contribution in [2.24, 2.45) is 0 Å². The summed E-state index contributed by atoms with van der Waals surface area (Å²) in [5.74, 6) is 0. The van der Waals surface area contributed by atoms with E-state index in [-0.39, 0.29) is 18.3 Å². The van der Waals surface area contributed by atoms with Gasteiger partial charge in [-0.05, 0) is 12.8 Å². The number of β-amino-alcohol motifs (C(OH)–C–C–N with tert-alkyl or cyclic N) is 1. The van der Waals surface area contributed by atoms with Crippen molar-refractivity contribution < 1.29 is 14.6 Å². The highest BCUT2D eigenvalue weighted by Crippen LogP contribution is 2.45. The van der Waals surface area contributed by atoms with Crippen LogP contribution in [0, 0.1) is 0 Å². The Morgan fingerprint density at radius 1 is 1.50 bits per heavy atom. The van der Waals surface area contributed by atoms with Crippen molar-refractivity contribution in [3.05, 3.63) is 0 Å². The molecular formula is C8H13NO3. The van der Waals surface area contributed by atoms with Gasteiger partial charge in [0.05, 0.1) is 6.61 Å². The molecule has 4 heteroatoms. The number of carbonyl (C=O) groups excluding carboxylic acids is 1. The van der Waals surface area contributed by atoms with Crippen LogP contribution < -0.4 is 0 Å². The SMILES string of the molecule is O=C1OC2(CCN1CCO)CC2. The van der Waals surface area contributed by atoms with Crippen molar-refractivity contribution in [2.75, 3.05) is 19.7 Å². The van der Waals surface area contributed by atoms with Crippen molar-refractivity contribution >= 4 is 6.09 Å². The van der Waals surface area contributed by atoms with Gasteiger partial charge in [-0.15, -0.1) is 0 Å². The lowest BCUT2D eigenvalue weighted by atomic mass is 10.2.